The molecule has 100 valence electrons. The molecule has 1 N–H and O–H groups in total. The van der Waals surface area contributed by atoms with Gasteiger partial charge in [0, 0.05) is 25.2 Å². The Morgan fingerprint density at radius 1 is 1.12 bits per heavy atom. The highest BCUT2D eigenvalue weighted by Gasteiger charge is 2.33. The van der Waals surface area contributed by atoms with E-state index < -0.39 is 0 Å². The number of piperidine rings is 1. The minimum Gasteiger partial charge on any atom is -0.396 e. The van der Waals surface area contributed by atoms with Gasteiger partial charge in [0.05, 0.1) is 0 Å². The number of aliphatic hydroxyl groups excluding tert-OH is 1. The van der Waals surface area contributed by atoms with E-state index in [1.54, 1.807) is 0 Å². The van der Waals surface area contributed by atoms with Crippen LogP contribution in [0, 0.1) is 5.92 Å². The fourth-order valence-corrected chi connectivity index (χ4v) is 3.58. The first-order valence-corrected chi connectivity index (χ1v) is 7.23. The molecule has 17 heavy (non-hydrogen) atoms. The molecule has 0 radical (unpaired) electrons. The van der Waals surface area contributed by atoms with Crippen LogP contribution in [0.25, 0.3) is 0 Å². The lowest BCUT2D eigenvalue weighted by Crippen LogP contribution is -2.54. The molecule has 2 atom stereocenters. The summed E-state index contributed by atoms with van der Waals surface area (Å²) in [6.45, 7) is 2.70. The first kappa shape index (κ1) is 13.3. The number of likely N-dealkylation sites (N-methyl/N-ethyl adjacent to an activating group) is 1. The van der Waals surface area contributed by atoms with Gasteiger partial charge < -0.3 is 10.0 Å². The molecule has 0 spiro atoms. The number of aliphatic hydroxyl groups is 1. The highest BCUT2D eigenvalue weighted by Crippen LogP contribution is 2.28. The third kappa shape index (κ3) is 3.21. The van der Waals surface area contributed by atoms with Gasteiger partial charge in [-0.3, -0.25) is 4.90 Å². The standard InChI is InChI=1S/C14H28N2O/c1-15(2)14-10-16(9-8-12(14)11-17)13-6-4-3-5-7-13/h12-14,17H,3-11H2,1-2H3/t12-,14-/m1/s1. The Labute approximate surface area is 106 Å². The second kappa shape index (κ2) is 6.17. The van der Waals surface area contributed by atoms with Gasteiger partial charge in [0.15, 0.2) is 0 Å². The number of likely N-dealkylation sites (tertiary alicyclic amines) is 1. The molecule has 2 aliphatic rings. The molecule has 2 fully saturated rings. The maximum Gasteiger partial charge on any atom is 0.0475 e. The van der Waals surface area contributed by atoms with Gasteiger partial charge in [0.25, 0.3) is 0 Å². The third-order valence-corrected chi connectivity index (χ3v) is 4.74. The van der Waals surface area contributed by atoms with Crippen molar-refractivity contribution < 1.29 is 5.11 Å². The third-order valence-electron chi connectivity index (χ3n) is 4.74. The fraction of sp³-hybridized carbons (Fsp3) is 1.00. The highest BCUT2D eigenvalue weighted by molar-refractivity contribution is 4.88. The van der Waals surface area contributed by atoms with E-state index >= 15 is 0 Å². The molecular weight excluding hydrogens is 212 g/mol. The summed E-state index contributed by atoms with van der Waals surface area (Å²) < 4.78 is 0. The zero-order valence-electron chi connectivity index (χ0n) is 11.4. The molecule has 0 amide bonds. The van der Waals surface area contributed by atoms with Gasteiger partial charge in [0.2, 0.25) is 0 Å². The number of hydrogen-bond acceptors (Lipinski definition) is 3. The van der Waals surface area contributed by atoms with Crippen LogP contribution in [0.3, 0.4) is 0 Å². The highest BCUT2D eigenvalue weighted by atomic mass is 16.3. The molecule has 0 unspecified atom stereocenters. The predicted molar refractivity (Wildman–Crippen MR) is 71.1 cm³/mol. The van der Waals surface area contributed by atoms with Gasteiger partial charge in [-0.05, 0) is 45.8 Å². The van der Waals surface area contributed by atoms with Crippen LogP contribution in [0.2, 0.25) is 0 Å². The smallest absolute Gasteiger partial charge is 0.0475 e. The zero-order chi connectivity index (χ0) is 12.3. The van der Waals surface area contributed by atoms with Crippen molar-refractivity contribution in [3.63, 3.8) is 0 Å². The van der Waals surface area contributed by atoms with E-state index in [0.717, 1.165) is 19.0 Å². The van der Waals surface area contributed by atoms with Gasteiger partial charge in [-0.15, -0.1) is 0 Å². The second-order valence-electron chi connectivity index (χ2n) is 6.05. The minimum absolute atomic E-state index is 0.349. The summed E-state index contributed by atoms with van der Waals surface area (Å²) >= 11 is 0. The minimum atomic E-state index is 0.349. The van der Waals surface area contributed by atoms with Gasteiger partial charge in [-0.2, -0.15) is 0 Å². The van der Waals surface area contributed by atoms with E-state index in [1.165, 1.54) is 38.6 Å². The van der Waals surface area contributed by atoms with E-state index in [1.807, 2.05) is 0 Å². The lowest BCUT2D eigenvalue weighted by atomic mass is 9.87. The molecule has 0 aromatic heterocycles. The predicted octanol–water partition coefficient (Wildman–Crippen LogP) is 1.56. The quantitative estimate of drug-likeness (QED) is 0.811. The Morgan fingerprint density at radius 2 is 1.82 bits per heavy atom. The Hall–Kier alpha value is -0.120. The molecule has 1 saturated carbocycles. The monoisotopic (exact) mass is 240 g/mol. The Balaban J connectivity index is 1.93. The SMILES string of the molecule is CN(C)[C@@H]1CN(C2CCCCC2)CC[C@@H]1CO. The average Bonchev–Trinajstić information content (AvgIpc) is 2.39. The fourth-order valence-electron chi connectivity index (χ4n) is 3.58. The van der Waals surface area contributed by atoms with E-state index in [9.17, 15) is 5.11 Å². The topological polar surface area (TPSA) is 26.7 Å². The van der Waals surface area contributed by atoms with Crippen molar-refractivity contribution in [2.45, 2.75) is 50.6 Å². The Kier molecular flexibility index (Phi) is 4.83. The largest absolute Gasteiger partial charge is 0.396 e. The maximum atomic E-state index is 9.46. The van der Waals surface area contributed by atoms with Crippen LogP contribution in [0.5, 0.6) is 0 Å². The maximum absolute atomic E-state index is 9.46. The summed E-state index contributed by atoms with van der Waals surface area (Å²) in [4.78, 5) is 4.99. The van der Waals surface area contributed by atoms with Crippen LogP contribution >= 0.6 is 0 Å². The summed E-state index contributed by atoms with van der Waals surface area (Å²) in [6.07, 6.45) is 8.21. The number of hydrogen-bond donors (Lipinski definition) is 1. The molecule has 2 rings (SSSR count). The molecule has 1 heterocycles. The van der Waals surface area contributed by atoms with Crippen molar-refractivity contribution in [2.75, 3.05) is 33.8 Å². The van der Waals surface area contributed by atoms with E-state index in [2.05, 4.69) is 23.9 Å². The first-order chi connectivity index (χ1) is 8.22. The number of rotatable bonds is 3. The van der Waals surface area contributed by atoms with Crippen LogP contribution in [0.15, 0.2) is 0 Å². The molecule has 0 aromatic carbocycles. The molecule has 0 bridgehead atoms. The Bertz CT molecular complexity index is 226. The van der Waals surface area contributed by atoms with Gasteiger partial charge in [0.1, 0.15) is 0 Å². The van der Waals surface area contributed by atoms with Gasteiger partial charge >= 0.3 is 0 Å². The molecule has 1 aliphatic carbocycles. The summed E-state index contributed by atoms with van der Waals surface area (Å²) in [5, 5.41) is 9.46. The lowest BCUT2D eigenvalue weighted by molar-refractivity contribution is 0.0211. The molecule has 0 aromatic rings. The van der Waals surface area contributed by atoms with Crippen LogP contribution in [0.1, 0.15) is 38.5 Å². The van der Waals surface area contributed by atoms with Crippen molar-refractivity contribution in [3.05, 3.63) is 0 Å². The van der Waals surface area contributed by atoms with Crippen LogP contribution in [0.4, 0.5) is 0 Å². The molecule has 1 aliphatic heterocycles. The molecule has 3 nitrogen and oxygen atoms in total. The van der Waals surface area contributed by atoms with Crippen LogP contribution < -0.4 is 0 Å². The summed E-state index contributed by atoms with van der Waals surface area (Å²) in [6, 6.07) is 1.36. The second-order valence-corrected chi connectivity index (χ2v) is 6.05. The van der Waals surface area contributed by atoms with E-state index in [-0.39, 0.29) is 0 Å². The summed E-state index contributed by atoms with van der Waals surface area (Å²) in [7, 11) is 4.30. The van der Waals surface area contributed by atoms with E-state index in [4.69, 9.17) is 0 Å². The normalized spacial score (nSPS) is 33.2. The molecular formula is C14H28N2O. The lowest BCUT2D eigenvalue weighted by Gasteiger charge is -2.45. The average molecular weight is 240 g/mol. The van der Waals surface area contributed by atoms with Gasteiger partial charge in [-0.1, -0.05) is 19.3 Å². The van der Waals surface area contributed by atoms with Crippen LogP contribution in [-0.4, -0.2) is 60.8 Å². The molecule has 3 heteroatoms. The van der Waals surface area contributed by atoms with Crippen molar-refractivity contribution in [1.29, 1.82) is 0 Å². The van der Waals surface area contributed by atoms with Crippen molar-refractivity contribution in [1.82, 2.24) is 9.80 Å². The summed E-state index contributed by atoms with van der Waals surface area (Å²) in [5.74, 6) is 0.477. The molecule has 1 saturated heterocycles. The Morgan fingerprint density at radius 3 is 2.41 bits per heavy atom. The van der Waals surface area contributed by atoms with Crippen LogP contribution in [-0.2, 0) is 0 Å². The number of nitrogens with zero attached hydrogens (tertiary/aromatic N) is 2. The zero-order valence-corrected chi connectivity index (χ0v) is 11.4. The van der Waals surface area contributed by atoms with Crippen molar-refractivity contribution >= 4 is 0 Å². The summed E-state index contributed by atoms with van der Waals surface area (Å²) in [5.41, 5.74) is 0. The first-order valence-electron chi connectivity index (χ1n) is 7.23. The van der Waals surface area contributed by atoms with Gasteiger partial charge in [-0.25, -0.2) is 0 Å². The van der Waals surface area contributed by atoms with E-state index in [0.29, 0.717) is 18.6 Å². The van der Waals surface area contributed by atoms with Crippen molar-refractivity contribution in [3.8, 4) is 0 Å². The van der Waals surface area contributed by atoms with Crippen molar-refractivity contribution in [2.24, 2.45) is 5.92 Å².